The van der Waals surface area contributed by atoms with E-state index in [0.717, 1.165) is 37.7 Å². The van der Waals surface area contributed by atoms with E-state index in [4.69, 9.17) is 9.84 Å². The largest absolute Gasteiger partial charge is 0.396 e. The number of aliphatic hydroxyl groups is 1. The minimum Gasteiger partial charge on any atom is -0.396 e. The second-order valence-electron chi connectivity index (χ2n) is 4.41. The lowest BCUT2D eigenvalue weighted by Gasteiger charge is -2.26. The molecule has 0 saturated carbocycles. The third-order valence-electron chi connectivity index (χ3n) is 3.06. The summed E-state index contributed by atoms with van der Waals surface area (Å²) >= 11 is 1.88. The molecule has 0 amide bonds. The second kappa shape index (κ2) is 7.79. The molecule has 1 aromatic rings. The highest BCUT2D eigenvalue weighted by molar-refractivity contribution is 7.99. The van der Waals surface area contributed by atoms with Gasteiger partial charge in [0.05, 0.1) is 19.3 Å². The van der Waals surface area contributed by atoms with Crippen LogP contribution >= 0.6 is 11.8 Å². The molecule has 0 spiro atoms. The van der Waals surface area contributed by atoms with Gasteiger partial charge in [-0.1, -0.05) is 24.3 Å². The van der Waals surface area contributed by atoms with Crippen molar-refractivity contribution in [2.24, 2.45) is 0 Å². The summed E-state index contributed by atoms with van der Waals surface area (Å²) in [5, 5.41) is 12.2. The Morgan fingerprint density at radius 2 is 2.22 bits per heavy atom. The van der Waals surface area contributed by atoms with Crippen molar-refractivity contribution in [1.82, 2.24) is 5.32 Å². The standard InChI is InChI=1S/C14H21NO2S/c16-7-3-8-18-9-6-15-14-11-17-10-12-4-1-2-5-13(12)14/h1-2,4-5,14-16H,3,6-11H2. The zero-order valence-corrected chi connectivity index (χ0v) is 11.4. The summed E-state index contributed by atoms with van der Waals surface area (Å²) in [5.74, 6) is 2.12. The first-order valence-electron chi connectivity index (χ1n) is 6.49. The molecule has 0 fully saturated rings. The van der Waals surface area contributed by atoms with E-state index in [1.807, 2.05) is 11.8 Å². The van der Waals surface area contributed by atoms with Gasteiger partial charge in [0.15, 0.2) is 0 Å². The number of hydrogen-bond acceptors (Lipinski definition) is 4. The molecule has 1 aliphatic heterocycles. The van der Waals surface area contributed by atoms with Crippen molar-refractivity contribution in [2.75, 3.05) is 31.3 Å². The smallest absolute Gasteiger partial charge is 0.0721 e. The van der Waals surface area contributed by atoms with E-state index in [2.05, 4.69) is 29.6 Å². The van der Waals surface area contributed by atoms with E-state index in [-0.39, 0.29) is 0 Å². The maximum atomic E-state index is 8.69. The van der Waals surface area contributed by atoms with Crippen molar-refractivity contribution in [3.05, 3.63) is 35.4 Å². The number of benzene rings is 1. The van der Waals surface area contributed by atoms with Gasteiger partial charge in [-0.15, -0.1) is 0 Å². The average molecular weight is 267 g/mol. The summed E-state index contributed by atoms with van der Waals surface area (Å²) in [4.78, 5) is 0. The quantitative estimate of drug-likeness (QED) is 0.741. The predicted octanol–water partition coefficient (Wildman–Crippen LogP) is 1.96. The normalized spacial score (nSPS) is 18.6. The number of fused-ring (bicyclic) bond motifs is 1. The van der Waals surface area contributed by atoms with Crippen LogP contribution in [0.2, 0.25) is 0 Å². The zero-order chi connectivity index (χ0) is 12.6. The first-order valence-corrected chi connectivity index (χ1v) is 7.65. The molecule has 100 valence electrons. The lowest BCUT2D eigenvalue weighted by molar-refractivity contribution is 0.0828. The molecule has 0 aromatic heterocycles. The number of ether oxygens (including phenoxy) is 1. The van der Waals surface area contributed by atoms with Crippen molar-refractivity contribution in [1.29, 1.82) is 0 Å². The number of aliphatic hydroxyl groups excluding tert-OH is 1. The highest BCUT2D eigenvalue weighted by Gasteiger charge is 2.19. The highest BCUT2D eigenvalue weighted by atomic mass is 32.2. The molecule has 0 radical (unpaired) electrons. The van der Waals surface area contributed by atoms with Crippen LogP contribution in [-0.2, 0) is 11.3 Å². The van der Waals surface area contributed by atoms with E-state index >= 15 is 0 Å². The van der Waals surface area contributed by atoms with Gasteiger partial charge in [0.1, 0.15) is 0 Å². The maximum Gasteiger partial charge on any atom is 0.0721 e. The number of thioether (sulfide) groups is 1. The molecular formula is C14H21NO2S. The van der Waals surface area contributed by atoms with Crippen molar-refractivity contribution in [3.63, 3.8) is 0 Å². The summed E-state index contributed by atoms with van der Waals surface area (Å²) < 4.78 is 5.60. The van der Waals surface area contributed by atoms with E-state index < -0.39 is 0 Å². The van der Waals surface area contributed by atoms with Crippen molar-refractivity contribution < 1.29 is 9.84 Å². The van der Waals surface area contributed by atoms with Gasteiger partial charge >= 0.3 is 0 Å². The van der Waals surface area contributed by atoms with Crippen LogP contribution in [0.25, 0.3) is 0 Å². The Hall–Kier alpha value is -0.550. The number of hydrogen-bond donors (Lipinski definition) is 2. The summed E-state index contributed by atoms with van der Waals surface area (Å²) in [5.41, 5.74) is 2.68. The summed E-state index contributed by atoms with van der Waals surface area (Å²) in [6.45, 7) is 2.78. The zero-order valence-electron chi connectivity index (χ0n) is 10.6. The second-order valence-corrected chi connectivity index (χ2v) is 5.63. The molecule has 4 heteroatoms. The third kappa shape index (κ3) is 3.99. The first-order chi connectivity index (χ1) is 8.92. The minimum absolute atomic E-state index is 0.296. The SMILES string of the molecule is OCCCSCCNC1COCc2ccccc21. The molecule has 1 unspecified atom stereocenters. The lowest BCUT2D eigenvalue weighted by Crippen LogP contribution is -2.31. The molecular weight excluding hydrogens is 246 g/mol. The number of nitrogens with one attached hydrogen (secondary N) is 1. The molecule has 0 bridgehead atoms. The fourth-order valence-electron chi connectivity index (χ4n) is 2.12. The van der Waals surface area contributed by atoms with Gasteiger partial charge in [0, 0.05) is 18.9 Å². The van der Waals surface area contributed by atoms with Crippen LogP contribution in [0.15, 0.2) is 24.3 Å². The van der Waals surface area contributed by atoms with Gasteiger partial charge in [-0.3, -0.25) is 0 Å². The first kappa shape index (κ1) is 13.9. The van der Waals surface area contributed by atoms with Gasteiger partial charge in [-0.05, 0) is 23.3 Å². The molecule has 18 heavy (non-hydrogen) atoms. The van der Waals surface area contributed by atoms with Crippen molar-refractivity contribution in [2.45, 2.75) is 19.1 Å². The van der Waals surface area contributed by atoms with E-state index in [9.17, 15) is 0 Å². The van der Waals surface area contributed by atoms with Crippen LogP contribution in [0.4, 0.5) is 0 Å². The van der Waals surface area contributed by atoms with Gasteiger partial charge in [-0.2, -0.15) is 11.8 Å². The van der Waals surface area contributed by atoms with E-state index in [1.165, 1.54) is 11.1 Å². The topological polar surface area (TPSA) is 41.5 Å². The Bertz CT molecular complexity index is 359. The van der Waals surface area contributed by atoms with Crippen molar-refractivity contribution >= 4 is 11.8 Å². The van der Waals surface area contributed by atoms with Gasteiger partial charge in [0.25, 0.3) is 0 Å². The van der Waals surface area contributed by atoms with E-state index in [0.29, 0.717) is 12.6 Å². The Labute approximate surface area is 113 Å². The molecule has 1 aliphatic rings. The Balaban J connectivity index is 1.74. The molecule has 1 aromatic carbocycles. The fourth-order valence-corrected chi connectivity index (χ4v) is 2.92. The lowest BCUT2D eigenvalue weighted by atomic mass is 9.99. The molecule has 1 atom stereocenters. The molecule has 2 rings (SSSR count). The number of rotatable bonds is 7. The summed E-state index contributed by atoms with van der Waals surface area (Å²) in [6.07, 6.45) is 0.889. The summed E-state index contributed by atoms with van der Waals surface area (Å²) in [7, 11) is 0. The Morgan fingerprint density at radius 3 is 3.11 bits per heavy atom. The van der Waals surface area contributed by atoms with Crippen molar-refractivity contribution in [3.8, 4) is 0 Å². The van der Waals surface area contributed by atoms with Crippen LogP contribution in [0.1, 0.15) is 23.6 Å². The van der Waals surface area contributed by atoms with Crippen LogP contribution in [0.5, 0.6) is 0 Å². The van der Waals surface area contributed by atoms with Gasteiger partial charge in [0.2, 0.25) is 0 Å². The van der Waals surface area contributed by atoms with Gasteiger partial charge < -0.3 is 15.2 Å². The molecule has 2 N–H and O–H groups in total. The van der Waals surface area contributed by atoms with Crippen LogP contribution < -0.4 is 5.32 Å². The molecule has 3 nitrogen and oxygen atoms in total. The van der Waals surface area contributed by atoms with Crippen LogP contribution in [0.3, 0.4) is 0 Å². The minimum atomic E-state index is 0.296. The highest BCUT2D eigenvalue weighted by Crippen LogP contribution is 2.24. The van der Waals surface area contributed by atoms with Gasteiger partial charge in [-0.25, -0.2) is 0 Å². The monoisotopic (exact) mass is 267 g/mol. The molecule has 0 saturated heterocycles. The van der Waals surface area contributed by atoms with E-state index in [1.54, 1.807) is 0 Å². The fraction of sp³-hybridized carbons (Fsp3) is 0.571. The third-order valence-corrected chi connectivity index (χ3v) is 4.13. The molecule has 0 aliphatic carbocycles. The Morgan fingerprint density at radius 1 is 1.33 bits per heavy atom. The predicted molar refractivity (Wildman–Crippen MR) is 75.9 cm³/mol. The maximum absolute atomic E-state index is 8.69. The Kier molecular flexibility index (Phi) is 6.00. The van der Waals surface area contributed by atoms with Crippen LogP contribution in [-0.4, -0.2) is 36.4 Å². The molecule has 1 heterocycles. The van der Waals surface area contributed by atoms with Crippen LogP contribution in [0, 0.1) is 0 Å². The average Bonchev–Trinajstić information content (AvgIpc) is 2.43. The summed E-state index contributed by atoms with van der Waals surface area (Å²) in [6, 6.07) is 8.81.